The molecule has 1 aromatic carbocycles. The first-order valence-electron chi connectivity index (χ1n) is 6.67. The van der Waals surface area contributed by atoms with Crippen LogP contribution in [-0.4, -0.2) is 31.2 Å². The number of rotatable bonds is 3. The van der Waals surface area contributed by atoms with E-state index in [0.717, 1.165) is 12.1 Å². The lowest BCUT2D eigenvalue weighted by atomic mass is 10.1. The standard InChI is InChI=1S/C14H17F3N2O2/c1-9-12(18-6-7-21-9)13(20)19-8-10-2-4-11(5-3-10)14(15,16)17/h2-5,9,12,18H,6-8H2,1H3,(H,19,20)/t9-,12+/m1/s1. The van der Waals surface area contributed by atoms with Crippen LogP contribution in [0.25, 0.3) is 0 Å². The Kier molecular flexibility index (Phi) is 4.84. The number of amides is 1. The molecule has 0 saturated carbocycles. The van der Waals surface area contributed by atoms with E-state index in [1.807, 2.05) is 0 Å². The Morgan fingerprint density at radius 2 is 2.05 bits per heavy atom. The molecule has 4 nitrogen and oxygen atoms in total. The number of nitrogens with one attached hydrogen (secondary N) is 2. The third-order valence-corrected chi connectivity index (χ3v) is 3.35. The predicted molar refractivity (Wildman–Crippen MR) is 70.5 cm³/mol. The molecule has 0 spiro atoms. The minimum absolute atomic E-state index is 0.182. The lowest BCUT2D eigenvalue weighted by Gasteiger charge is -2.29. The van der Waals surface area contributed by atoms with Crippen molar-refractivity contribution in [2.45, 2.75) is 31.8 Å². The molecule has 2 atom stereocenters. The van der Waals surface area contributed by atoms with Crippen molar-refractivity contribution in [3.8, 4) is 0 Å². The average molecular weight is 302 g/mol. The Hall–Kier alpha value is -1.60. The zero-order chi connectivity index (χ0) is 15.5. The van der Waals surface area contributed by atoms with E-state index < -0.39 is 17.8 Å². The molecule has 116 valence electrons. The smallest absolute Gasteiger partial charge is 0.375 e. The number of carbonyl (C=O) groups excluding carboxylic acids is 1. The zero-order valence-corrected chi connectivity index (χ0v) is 11.5. The van der Waals surface area contributed by atoms with Gasteiger partial charge in [0.2, 0.25) is 5.91 Å². The number of hydrogen-bond acceptors (Lipinski definition) is 3. The molecule has 0 bridgehead atoms. The summed E-state index contributed by atoms with van der Waals surface area (Å²) in [6.07, 6.45) is -4.58. The molecule has 0 radical (unpaired) electrons. The summed E-state index contributed by atoms with van der Waals surface area (Å²) < 4.78 is 42.7. The number of morpholine rings is 1. The average Bonchev–Trinajstić information content (AvgIpc) is 2.45. The molecule has 1 fully saturated rings. The SMILES string of the molecule is C[C@H]1OCCN[C@@H]1C(=O)NCc1ccc(C(F)(F)F)cc1. The van der Waals surface area contributed by atoms with E-state index in [0.29, 0.717) is 18.7 Å². The highest BCUT2D eigenvalue weighted by molar-refractivity contribution is 5.82. The second kappa shape index (κ2) is 6.44. The maximum absolute atomic E-state index is 12.4. The van der Waals surface area contributed by atoms with Gasteiger partial charge in [0.15, 0.2) is 0 Å². The van der Waals surface area contributed by atoms with E-state index in [9.17, 15) is 18.0 Å². The van der Waals surface area contributed by atoms with Crippen molar-refractivity contribution in [2.75, 3.05) is 13.2 Å². The number of alkyl halides is 3. The van der Waals surface area contributed by atoms with E-state index in [4.69, 9.17) is 4.74 Å². The highest BCUT2D eigenvalue weighted by atomic mass is 19.4. The van der Waals surface area contributed by atoms with Gasteiger partial charge in [0.05, 0.1) is 18.3 Å². The van der Waals surface area contributed by atoms with Crippen LogP contribution in [0.3, 0.4) is 0 Å². The molecule has 1 aliphatic heterocycles. The summed E-state index contributed by atoms with van der Waals surface area (Å²) in [7, 11) is 0. The molecule has 0 aromatic heterocycles. The summed E-state index contributed by atoms with van der Waals surface area (Å²) in [5.74, 6) is -0.220. The van der Waals surface area contributed by atoms with Gasteiger partial charge >= 0.3 is 6.18 Å². The van der Waals surface area contributed by atoms with E-state index in [-0.39, 0.29) is 18.6 Å². The topological polar surface area (TPSA) is 50.4 Å². The highest BCUT2D eigenvalue weighted by Crippen LogP contribution is 2.29. The number of ether oxygens (including phenoxy) is 1. The molecular weight excluding hydrogens is 285 g/mol. The van der Waals surface area contributed by atoms with Crippen molar-refractivity contribution >= 4 is 5.91 Å². The predicted octanol–water partition coefficient (Wildman–Crippen LogP) is 1.70. The lowest BCUT2D eigenvalue weighted by molar-refractivity contribution is -0.137. The summed E-state index contributed by atoms with van der Waals surface area (Å²) in [5.41, 5.74) is -0.0886. The van der Waals surface area contributed by atoms with Crippen molar-refractivity contribution in [1.29, 1.82) is 0 Å². The summed E-state index contributed by atoms with van der Waals surface area (Å²) in [4.78, 5) is 12.0. The van der Waals surface area contributed by atoms with Crippen molar-refractivity contribution in [3.05, 3.63) is 35.4 Å². The quantitative estimate of drug-likeness (QED) is 0.893. The molecule has 1 saturated heterocycles. The molecule has 2 rings (SSSR count). The fraction of sp³-hybridized carbons (Fsp3) is 0.500. The number of benzene rings is 1. The summed E-state index contributed by atoms with van der Waals surface area (Å²) >= 11 is 0. The number of hydrogen-bond donors (Lipinski definition) is 2. The summed E-state index contributed by atoms with van der Waals surface area (Å²) in [6, 6.07) is 4.29. The summed E-state index contributed by atoms with van der Waals surface area (Å²) in [5, 5.41) is 5.74. The first-order valence-corrected chi connectivity index (χ1v) is 6.67. The van der Waals surface area contributed by atoms with Crippen LogP contribution < -0.4 is 10.6 Å². The van der Waals surface area contributed by atoms with Gasteiger partial charge in [0, 0.05) is 13.1 Å². The molecule has 2 N–H and O–H groups in total. The number of carbonyl (C=O) groups is 1. The largest absolute Gasteiger partial charge is 0.416 e. The van der Waals surface area contributed by atoms with Crippen LogP contribution in [0.2, 0.25) is 0 Å². The minimum atomic E-state index is -4.35. The molecule has 1 amide bonds. The van der Waals surface area contributed by atoms with Crippen LogP contribution in [0.4, 0.5) is 13.2 Å². The van der Waals surface area contributed by atoms with E-state index >= 15 is 0 Å². The van der Waals surface area contributed by atoms with E-state index in [1.165, 1.54) is 12.1 Å². The monoisotopic (exact) mass is 302 g/mol. The maximum atomic E-state index is 12.4. The Morgan fingerprint density at radius 1 is 1.38 bits per heavy atom. The molecular formula is C14H17F3N2O2. The van der Waals surface area contributed by atoms with Gasteiger partial charge in [-0.1, -0.05) is 12.1 Å². The van der Waals surface area contributed by atoms with Crippen molar-refractivity contribution in [1.82, 2.24) is 10.6 Å². The molecule has 0 aliphatic carbocycles. The van der Waals surface area contributed by atoms with Gasteiger partial charge in [0.25, 0.3) is 0 Å². The highest BCUT2D eigenvalue weighted by Gasteiger charge is 2.30. The van der Waals surface area contributed by atoms with Crippen LogP contribution >= 0.6 is 0 Å². The Morgan fingerprint density at radius 3 is 2.62 bits per heavy atom. The first-order chi connectivity index (χ1) is 9.88. The summed E-state index contributed by atoms with van der Waals surface area (Å²) in [6.45, 7) is 3.14. The molecule has 1 aliphatic rings. The van der Waals surface area contributed by atoms with Crippen molar-refractivity contribution in [3.63, 3.8) is 0 Å². The Balaban J connectivity index is 1.89. The van der Waals surface area contributed by atoms with Gasteiger partial charge in [-0.15, -0.1) is 0 Å². The van der Waals surface area contributed by atoms with Crippen LogP contribution in [0, 0.1) is 0 Å². The van der Waals surface area contributed by atoms with Crippen molar-refractivity contribution < 1.29 is 22.7 Å². The second-order valence-electron chi connectivity index (χ2n) is 4.92. The third-order valence-electron chi connectivity index (χ3n) is 3.35. The van der Waals surface area contributed by atoms with Gasteiger partial charge in [-0.3, -0.25) is 4.79 Å². The van der Waals surface area contributed by atoms with Crippen molar-refractivity contribution in [2.24, 2.45) is 0 Å². The lowest BCUT2D eigenvalue weighted by Crippen LogP contribution is -2.55. The van der Waals surface area contributed by atoms with Gasteiger partial charge in [-0.2, -0.15) is 13.2 Å². The Bertz CT molecular complexity index is 488. The van der Waals surface area contributed by atoms with Crippen LogP contribution in [-0.2, 0) is 22.3 Å². The molecule has 1 aromatic rings. The zero-order valence-electron chi connectivity index (χ0n) is 11.5. The number of halogens is 3. The third kappa shape index (κ3) is 4.18. The molecule has 0 unspecified atom stereocenters. The van der Waals surface area contributed by atoms with Crippen LogP contribution in [0.15, 0.2) is 24.3 Å². The maximum Gasteiger partial charge on any atom is 0.416 e. The van der Waals surface area contributed by atoms with Gasteiger partial charge in [-0.05, 0) is 24.6 Å². The fourth-order valence-electron chi connectivity index (χ4n) is 2.14. The fourth-order valence-corrected chi connectivity index (χ4v) is 2.14. The Labute approximate surface area is 120 Å². The second-order valence-corrected chi connectivity index (χ2v) is 4.92. The van der Waals surface area contributed by atoms with E-state index in [2.05, 4.69) is 10.6 Å². The van der Waals surface area contributed by atoms with Gasteiger partial charge in [0.1, 0.15) is 6.04 Å². The molecule has 1 heterocycles. The molecule has 7 heteroatoms. The van der Waals surface area contributed by atoms with E-state index in [1.54, 1.807) is 6.92 Å². The molecule has 21 heavy (non-hydrogen) atoms. The van der Waals surface area contributed by atoms with Gasteiger partial charge in [-0.25, -0.2) is 0 Å². The van der Waals surface area contributed by atoms with Crippen LogP contribution in [0.1, 0.15) is 18.1 Å². The minimum Gasteiger partial charge on any atom is -0.375 e. The first kappa shape index (κ1) is 15.8. The van der Waals surface area contributed by atoms with Crippen LogP contribution in [0.5, 0.6) is 0 Å². The van der Waals surface area contributed by atoms with Gasteiger partial charge < -0.3 is 15.4 Å². The normalized spacial score (nSPS) is 22.9.